The third-order valence-corrected chi connectivity index (χ3v) is 5.83. The molecule has 0 N–H and O–H groups in total. The van der Waals surface area contributed by atoms with Crippen LogP contribution in [0, 0.1) is 13.8 Å². The van der Waals surface area contributed by atoms with E-state index in [9.17, 15) is 9.59 Å². The van der Waals surface area contributed by atoms with Gasteiger partial charge in [-0.3, -0.25) is 18.3 Å². The molecule has 0 saturated heterocycles. The molecule has 0 radical (unpaired) electrons. The summed E-state index contributed by atoms with van der Waals surface area (Å²) in [5, 5.41) is 1.12. The van der Waals surface area contributed by atoms with Gasteiger partial charge in [-0.25, -0.2) is 4.79 Å². The molecule has 4 rings (SSSR count). The summed E-state index contributed by atoms with van der Waals surface area (Å²) in [4.78, 5) is 29.6. The second kappa shape index (κ2) is 6.00. The van der Waals surface area contributed by atoms with Gasteiger partial charge in [-0.1, -0.05) is 29.3 Å². The first-order valence-electron chi connectivity index (χ1n) is 8.30. The van der Waals surface area contributed by atoms with Gasteiger partial charge in [0.15, 0.2) is 11.2 Å². The van der Waals surface area contributed by atoms with E-state index in [2.05, 4.69) is 4.98 Å². The fourth-order valence-corrected chi connectivity index (χ4v) is 3.94. The highest BCUT2D eigenvalue weighted by molar-refractivity contribution is 6.36. The number of benzene rings is 1. The quantitative estimate of drug-likeness (QED) is 0.514. The van der Waals surface area contributed by atoms with Gasteiger partial charge in [-0.05, 0) is 26.0 Å². The molecule has 0 spiro atoms. The predicted molar refractivity (Wildman–Crippen MR) is 106 cm³/mol. The lowest BCUT2D eigenvalue weighted by molar-refractivity contribution is 0.707. The van der Waals surface area contributed by atoms with E-state index < -0.39 is 5.69 Å². The Hall–Kier alpha value is -2.51. The number of halogens is 2. The van der Waals surface area contributed by atoms with Crippen molar-refractivity contribution in [2.45, 2.75) is 20.4 Å². The van der Waals surface area contributed by atoms with Crippen LogP contribution in [-0.2, 0) is 20.6 Å². The molecule has 0 unspecified atom stereocenters. The summed E-state index contributed by atoms with van der Waals surface area (Å²) < 4.78 is 6.21. The molecule has 3 aromatic heterocycles. The van der Waals surface area contributed by atoms with E-state index in [1.165, 1.54) is 11.6 Å². The summed E-state index contributed by atoms with van der Waals surface area (Å²) in [6, 6.07) is 5.36. The van der Waals surface area contributed by atoms with Gasteiger partial charge in [0.25, 0.3) is 5.56 Å². The lowest BCUT2D eigenvalue weighted by atomic mass is 10.2. The zero-order chi connectivity index (χ0) is 19.6. The third-order valence-electron chi connectivity index (χ3n) is 5.12. The molecule has 0 bridgehead atoms. The van der Waals surface area contributed by atoms with Gasteiger partial charge in [-0.15, -0.1) is 0 Å². The second-order valence-corrected chi connectivity index (χ2v) is 7.40. The van der Waals surface area contributed by atoms with Gasteiger partial charge in [0, 0.05) is 41.1 Å². The molecule has 1 aromatic carbocycles. The Labute approximate surface area is 164 Å². The number of aromatic nitrogens is 5. The van der Waals surface area contributed by atoms with Crippen LogP contribution in [0.15, 0.2) is 27.8 Å². The van der Waals surface area contributed by atoms with Crippen LogP contribution in [0.4, 0.5) is 0 Å². The highest BCUT2D eigenvalue weighted by atomic mass is 35.5. The minimum atomic E-state index is -0.414. The maximum atomic E-state index is 12.8. The van der Waals surface area contributed by atoms with E-state index >= 15 is 0 Å². The molecule has 0 aliphatic carbocycles. The van der Waals surface area contributed by atoms with E-state index in [4.69, 9.17) is 23.2 Å². The van der Waals surface area contributed by atoms with Crippen LogP contribution >= 0.6 is 23.2 Å². The first-order valence-corrected chi connectivity index (χ1v) is 9.06. The lowest BCUT2D eigenvalue weighted by Gasteiger charge is -2.10. The van der Waals surface area contributed by atoms with E-state index in [1.807, 2.05) is 18.4 Å². The molecule has 3 heterocycles. The Kier molecular flexibility index (Phi) is 3.98. The zero-order valence-electron chi connectivity index (χ0n) is 15.2. The summed E-state index contributed by atoms with van der Waals surface area (Å²) in [7, 11) is 3.07. The van der Waals surface area contributed by atoms with Crippen LogP contribution in [0.3, 0.4) is 0 Å². The lowest BCUT2D eigenvalue weighted by Crippen LogP contribution is -2.37. The summed E-state index contributed by atoms with van der Waals surface area (Å²) >= 11 is 12.7. The molecule has 0 fully saturated rings. The first-order chi connectivity index (χ1) is 12.7. The number of imidazole rings is 2. The van der Waals surface area contributed by atoms with Crippen LogP contribution < -0.4 is 11.2 Å². The topological polar surface area (TPSA) is 66.2 Å². The summed E-state index contributed by atoms with van der Waals surface area (Å²) in [5.41, 5.74) is 2.51. The number of hydrogen-bond acceptors (Lipinski definition) is 3. The Balaban J connectivity index is 2.11. The molecule has 4 aromatic rings. The van der Waals surface area contributed by atoms with Gasteiger partial charge in [0.05, 0.1) is 6.54 Å². The zero-order valence-corrected chi connectivity index (χ0v) is 16.8. The molecule has 27 heavy (non-hydrogen) atoms. The monoisotopic (exact) mass is 405 g/mol. The predicted octanol–water partition coefficient (Wildman–Crippen LogP) is 2.66. The smallest absolute Gasteiger partial charge is 0.309 e. The van der Waals surface area contributed by atoms with Crippen molar-refractivity contribution >= 4 is 40.1 Å². The van der Waals surface area contributed by atoms with Crippen LogP contribution in [0.2, 0.25) is 10.0 Å². The molecule has 0 aliphatic rings. The molecular formula is C18H17Cl2N5O2. The summed E-state index contributed by atoms with van der Waals surface area (Å²) in [6.07, 6.45) is 0. The number of aryl methyl sites for hydroxylation is 2. The molecule has 0 atom stereocenters. The fourth-order valence-electron chi connectivity index (χ4n) is 3.42. The largest absolute Gasteiger partial charge is 0.332 e. The third kappa shape index (κ3) is 2.38. The Morgan fingerprint density at radius 2 is 1.63 bits per heavy atom. The van der Waals surface area contributed by atoms with E-state index in [0.717, 1.165) is 21.5 Å². The summed E-state index contributed by atoms with van der Waals surface area (Å²) in [6.45, 7) is 4.27. The highest BCUT2D eigenvalue weighted by Gasteiger charge is 2.22. The SMILES string of the molecule is Cc1c(C)n2c3c(=O)n(C)c(=O)n(C)c3nc2n1Cc1c(Cl)cccc1Cl. The number of hydrogen-bond donors (Lipinski definition) is 0. The van der Waals surface area contributed by atoms with Crippen molar-refractivity contribution in [1.82, 2.24) is 23.1 Å². The second-order valence-electron chi connectivity index (χ2n) is 6.58. The first kappa shape index (κ1) is 17.9. The highest BCUT2D eigenvalue weighted by Crippen LogP contribution is 2.28. The molecule has 0 saturated carbocycles. The maximum Gasteiger partial charge on any atom is 0.332 e. The van der Waals surface area contributed by atoms with E-state index in [-0.39, 0.29) is 5.56 Å². The molecule has 140 valence electrons. The summed E-state index contributed by atoms with van der Waals surface area (Å²) in [5.74, 6) is 0.564. The molecular weight excluding hydrogens is 389 g/mol. The number of fused-ring (bicyclic) bond motifs is 3. The van der Waals surface area contributed by atoms with Crippen molar-refractivity contribution in [3.05, 3.63) is 66.0 Å². The van der Waals surface area contributed by atoms with Crippen molar-refractivity contribution in [2.75, 3.05) is 0 Å². The average Bonchev–Trinajstić information content (AvgIpc) is 3.12. The molecule has 0 aliphatic heterocycles. The van der Waals surface area contributed by atoms with Crippen LogP contribution in [0.5, 0.6) is 0 Å². The van der Waals surface area contributed by atoms with Gasteiger partial charge < -0.3 is 4.57 Å². The van der Waals surface area contributed by atoms with Crippen molar-refractivity contribution in [3.8, 4) is 0 Å². The van der Waals surface area contributed by atoms with Crippen molar-refractivity contribution < 1.29 is 0 Å². The minimum absolute atomic E-state index is 0.347. The molecule has 7 nitrogen and oxygen atoms in total. The Bertz CT molecular complexity index is 1340. The van der Waals surface area contributed by atoms with Gasteiger partial charge in [0.1, 0.15) is 0 Å². The van der Waals surface area contributed by atoms with E-state index in [1.54, 1.807) is 29.6 Å². The van der Waals surface area contributed by atoms with Crippen molar-refractivity contribution in [1.29, 1.82) is 0 Å². The average molecular weight is 406 g/mol. The fraction of sp³-hybridized carbons (Fsp3) is 0.278. The van der Waals surface area contributed by atoms with Crippen molar-refractivity contribution in [3.63, 3.8) is 0 Å². The standard InChI is InChI=1S/C18H17Cl2N5O2/c1-9-10(2)25-14-15(22(3)18(27)23(4)16(14)26)21-17(25)24(9)8-11-12(19)6-5-7-13(11)20/h5-7H,8H2,1-4H3. The Morgan fingerprint density at radius 3 is 2.26 bits per heavy atom. The van der Waals surface area contributed by atoms with Crippen LogP contribution in [0.25, 0.3) is 16.9 Å². The van der Waals surface area contributed by atoms with Crippen LogP contribution in [-0.4, -0.2) is 23.1 Å². The van der Waals surface area contributed by atoms with Crippen LogP contribution in [0.1, 0.15) is 17.0 Å². The maximum absolute atomic E-state index is 12.8. The van der Waals surface area contributed by atoms with Crippen molar-refractivity contribution in [2.24, 2.45) is 14.1 Å². The number of rotatable bonds is 2. The van der Waals surface area contributed by atoms with Gasteiger partial charge >= 0.3 is 5.69 Å². The Morgan fingerprint density at radius 1 is 1.00 bits per heavy atom. The van der Waals surface area contributed by atoms with Gasteiger partial charge in [0.2, 0.25) is 5.78 Å². The van der Waals surface area contributed by atoms with Gasteiger partial charge in [-0.2, -0.15) is 4.98 Å². The number of nitrogens with zero attached hydrogens (tertiary/aromatic N) is 5. The normalized spacial score (nSPS) is 11.8. The van der Waals surface area contributed by atoms with E-state index in [0.29, 0.717) is 33.5 Å². The molecule has 0 amide bonds. The molecule has 9 heteroatoms. The minimum Gasteiger partial charge on any atom is -0.309 e.